The van der Waals surface area contributed by atoms with Crippen molar-refractivity contribution >= 4 is 12.6 Å². The SMILES string of the molecule is Cc1cccc(-c2ccc(B3OC(C)(C)C(C)(C)O3)cc2)c1. The molecule has 1 aliphatic heterocycles. The first-order valence-electron chi connectivity index (χ1n) is 7.81. The van der Waals surface area contributed by atoms with Crippen molar-refractivity contribution in [2.24, 2.45) is 0 Å². The highest BCUT2D eigenvalue weighted by Gasteiger charge is 2.51. The first-order chi connectivity index (χ1) is 10.3. The molecule has 0 aromatic heterocycles. The molecule has 0 N–H and O–H groups in total. The van der Waals surface area contributed by atoms with E-state index < -0.39 is 0 Å². The largest absolute Gasteiger partial charge is 0.494 e. The lowest BCUT2D eigenvalue weighted by molar-refractivity contribution is 0.00578. The fraction of sp³-hybridized carbons (Fsp3) is 0.368. The summed E-state index contributed by atoms with van der Waals surface area (Å²) in [5.41, 5.74) is 4.19. The predicted octanol–water partition coefficient (Wildman–Crippen LogP) is 3.96. The van der Waals surface area contributed by atoms with E-state index in [1.807, 2.05) is 0 Å². The summed E-state index contributed by atoms with van der Waals surface area (Å²) >= 11 is 0. The summed E-state index contributed by atoms with van der Waals surface area (Å²) < 4.78 is 12.2. The molecule has 0 saturated carbocycles. The van der Waals surface area contributed by atoms with Crippen molar-refractivity contribution in [3.8, 4) is 11.1 Å². The van der Waals surface area contributed by atoms with Gasteiger partial charge in [-0.05, 0) is 51.2 Å². The van der Waals surface area contributed by atoms with E-state index >= 15 is 0 Å². The van der Waals surface area contributed by atoms with Gasteiger partial charge in [-0.1, -0.05) is 54.1 Å². The quantitative estimate of drug-likeness (QED) is 0.780. The zero-order valence-electron chi connectivity index (χ0n) is 14.0. The summed E-state index contributed by atoms with van der Waals surface area (Å²) in [4.78, 5) is 0. The number of benzene rings is 2. The van der Waals surface area contributed by atoms with Crippen LogP contribution in [-0.2, 0) is 9.31 Å². The average molecular weight is 294 g/mol. The van der Waals surface area contributed by atoms with Crippen LogP contribution in [-0.4, -0.2) is 18.3 Å². The summed E-state index contributed by atoms with van der Waals surface area (Å²) in [6.45, 7) is 10.4. The third-order valence-corrected chi connectivity index (χ3v) is 4.79. The van der Waals surface area contributed by atoms with Gasteiger partial charge in [0, 0.05) is 0 Å². The number of rotatable bonds is 2. The Morgan fingerprint density at radius 2 is 1.36 bits per heavy atom. The van der Waals surface area contributed by atoms with Crippen molar-refractivity contribution in [3.63, 3.8) is 0 Å². The predicted molar refractivity (Wildman–Crippen MR) is 92.3 cm³/mol. The fourth-order valence-electron chi connectivity index (χ4n) is 2.64. The molecule has 1 saturated heterocycles. The molecule has 0 spiro atoms. The minimum Gasteiger partial charge on any atom is -0.399 e. The molecule has 0 bridgehead atoms. The van der Waals surface area contributed by atoms with E-state index in [1.165, 1.54) is 16.7 Å². The van der Waals surface area contributed by atoms with Crippen molar-refractivity contribution in [2.75, 3.05) is 0 Å². The molecule has 0 amide bonds. The van der Waals surface area contributed by atoms with Crippen LogP contribution in [0.1, 0.15) is 33.3 Å². The molecule has 0 unspecified atom stereocenters. The van der Waals surface area contributed by atoms with E-state index in [2.05, 4.69) is 83.1 Å². The Morgan fingerprint density at radius 1 is 0.773 bits per heavy atom. The molecule has 22 heavy (non-hydrogen) atoms. The van der Waals surface area contributed by atoms with Gasteiger partial charge in [0.1, 0.15) is 0 Å². The Labute approximate surface area is 133 Å². The van der Waals surface area contributed by atoms with E-state index in [9.17, 15) is 0 Å². The topological polar surface area (TPSA) is 18.5 Å². The van der Waals surface area contributed by atoms with Gasteiger partial charge in [0.15, 0.2) is 0 Å². The highest BCUT2D eigenvalue weighted by Crippen LogP contribution is 2.36. The van der Waals surface area contributed by atoms with Crippen LogP contribution in [0, 0.1) is 6.92 Å². The molecule has 0 radical (unpaired) electrons. The molecule has 3 rings (SSSR count). The average Bonchev–Trinajstić information content (AvgIpc) is 2.68. The van der Waals surface area contributed by atoms with Gasteiger partial charge in [-0.3, -0.25) is 0 Å². The van der Waals surface area contributed by atoms with Gasteiger partial charge in [-0.2, -0.15) is 0 Å². The second-order valence-corrected chi connectivity index (χ2v) is 7.08. The lowest BCUT2D eigenvalue weighted by atomic mass is 9.78. The zero-order valence-corrected chi connectivity index (χ0v) is 14.0. The van der Waals surface area contributed by atoms with Gasteiger partial charge in [0.25, 0.3) is 0 Å². The summed E-state index contributed by atoms with van der Waals surface area (Å²) in [5.74, 6) is 0. The molecular formula is C19H23BO2. The van der Waals surface area contributed by atoms with Crippen molar-refractivity contribution < 1.29 is 9.31 Å². The molecule has 2 aromatic carbocycles. The second-order valence-electron chi connectivity index (χ2n) is 7.08. The highest BCUT2D eigenvalue weighted by atomic mass is 16.7. The monoisotopic (exact) mass is 294 g/mol. The van der Waals surface area contributed by atoms with Crippen molar-refractivity contribution in [2.45, 2.75) is 45.8 Å². The van der Waals surface area contributed by atoms with Crippen LogP contribution in [0.2, 0.25) is 0 Å². The summed E-state index contributed by atoms with van der Waals surface area (Å²) in [6, 6.07) is 17.0. The van der Waals surface area contributed by atoms with Gasteiger partial charge in [-0.15, -0.1) is 0 Å². The molecule has 0 atom stereocenters. The van der Waals surface area contributed by atoms with Gasteiger partial charge in [-0.25, -0.2) is 0 Å². The Kier molecular flexibility index (Phi) is 3.66. The van der Waals surface area contributed by atoms with Crippen LogP contribution < -0.4 is 5.46 Å². The van der Waals surface area contributed by atoms with Crippen LogP contribution >= 0.6 is 0 Å². The van der Waals surface area contributed by atoms with Crippen molar-refractivity contribution in [3.05, 3.63) is 54.1 Å². The number of hydrogen-bond donors (Lipinski definition) is 0. The van der Waals surface area contributed by atoms with Crippen molar-refractivity contribution in [1.82, 2.24) is 0 Å². The Hall–Kier alpha value is -1.58. The van der Waals surface area contributed by atoms with Gasteiger partial charge in [0.05, 0.1) is 11.2 Å². The van der Waals surface area contributed by atoms with Crippen LogP contribution in [0.4, 0.5) is 0 Å². The molecule has 1 fully saturated rings. The standard InChI is InChI=1S/C19H23BO2/c1-14-7-6-8-16(13-14)15-9-11-17(12-10-15)20-21-18(2,3)19(4,5)22-20/h6-13H,1-5H3. The van der Waals surface area contributed by atoms with Gasteiger partial charge >= 0.3 is 7.12 Å². The molecule has 1 heterocycles. The smallest absolute Gasteiger partial charge is 0.399 e. The van der Waals surface area contributed by atoms with Crippen LogP contribution in [0.25, 0.3) is 11.1 Å². The third kappa shape index (κ3) is 2.71. The Morgan fingerprint density at radius 3 is 1.91 bits per heavy atom. The minimum absolute atomic E-state index is 0.295. The summed E-state index contributed by atoms with van der Waals surface area (Å²) in [6.07, 6.45) is 0. The lowest BCUT2D eigenvalue weighted by Crippen LogP contribution is -2.41. The maximum absolute atomic E-state index is 6.09. The van der Waals surface area contributed by atoms with E-state index in [0.717, 1.165) is 5.46 Å². The highest BCUT2D eigenvalue weighted by molar-refractivity contribution is 6.62. The lowest BCUT2D eigenvalue weighted by Gasteiger charge is -2.32. The molecule has 114 valence electrons. The first kappa shape index (κ1) is 15.3. The molecule has 2 aromatic rings. The molecular weight excluding hydrogens is 271 g/mol. The number of aryl methyl sites for hydroxylation is 1. The van der Waals surface area contributed by atoms with Crippen LogP contribution in [0.15, 0.2) is 48.5 Å². The molecule has 2 nitrogen and oxygen atoms in total. The van der Waals surface area contributed by atoms with Crippen LogP contribution in [0.5, 0.6) is 0 Å². The normalized spacial score (nSPS) is 19.4. The van der Waals surface area contributed by atoms with E-state index in [-0.39, 0.29) is 18.3 Å². The van der Waals surface area contributed by atoms with Crippen molar-refractivity contribution in [1.29, 1.82) is 0 Å². The van der Waals surface area contributed by atoms with E-state index in [1.54, 1.807) is 0 Å². The zero-order chi connectivity index (χ0) is 16.0. The molecule has 1 aliphatic rings. The summed E-state index contributed by atoms with van der Waals surface area (Å²) in [7, 11) is -0.295. The van der Waals surface area contributed by atoms with Gasteiger partial charge < -0.3 is 9.31 Å². The second kappa shape index (κ2) is 5.25. The maximum Gasteiger partial charge on any atom is 0.494 e. The Bertz CT molecular complexity index is 658. The first-order valence-corrected chi connectivity index (χ1v) is 7.81. The molecule has 3 heteroatoms. The van der Waals surface area contributed by atoms with Crippen LogP contribution in [0.3, 0.4) is 0 Å². The van der Waals surface area contributed by atoms with E-state index in [0.29, 0.717) is 0 Å². The Balaban J connectivity index is 1.84. The van der Waals surface area contributed by atoms with E-state index in [4.69, 9.17) is 9.31 Å². The fourth-order valence-corrected chi connectivity index (χ4v) is 2.64. The van der Waals surface area contributed by atoms with Gasteiger partial charge in [0.2, 0.25) is 0 Å². The third-order valence-electron chi connectivity index (χ3n) is 4.79. The molecule has 0 aliphatic carbocycles. The number of hydrogen-bond acceptors (Lipinski definition) is 2. The maximum atomic E-state index is 6.09. The summed E-state index contributed by atoms with van der Waals surface area (Å²) in [5, 5.41) is 0. The minimum atomic E-state index is -0.299.